The first-order chi connectivity index (χ1) is 8.52. The number of nitriles is 1. The Morgan fingerprint density at radius 3 is 2.78 bits per heavy atom. The molecule has 1 amide bonds. The number of nitrogens with zero attached hydrogens (tertiary/aromatic N) is 1. The number of carbonyl (C=O) groups excluding carboxylic acids is 2. The van der Waals surface area contributed by atoms with Gasteiger partial charge in [-0.25, -0.2) is 0 Å². The quantitative estimate of drug-likeness (QED) is 0.820. The number of esters is 1. The SMILES string of the molecule is CC(C)C(=O)OCC(=O)Nc1cccc(C#N)c1. The molecule has 94 valence electrons. The smallest absolute Gasteiger partial charge is 0.308 e. The fourth-order valence-electron chi connectivity index (χ4n) is 1.17. The third-order valence-electron chi connectivity index (χ3n) is 2.09. The van der Waals surface area contributed by atoms with Crippen LogP contribution >= 0.6 is 0 Å². The highest BCUT2D eigenvalue weighted by atomic mass is 16.5. The zero-order valence-corrected chi connectivity index (χ0v) is 10.3. The molecule has 18 heavy (non-hydrogen) atoms. The van der Waals surface area contributed by atoms with Gasteiger partial charge in [-0.2, -0.15) is 5.26 Å². The van der Waals surface area contributed by atoms with E-state index in [1.807, 2.05) is 6.07 Å². The molecule has 1 aromatic carbocycles. The Labute approximate surface area is 105 Å². The average molecular weight is 246 g/mol. The lowest BCUT2D eigenvalue weighted by atomic mass is 10.2. The van der Waals surface area contributed by atoms with E-state index >= 15 is 0 Å². The molecule has 0 atom stereocenters. The lowest BCUT2D eigenvalue weighted by molar-refractivity contribution is -0.150. The normalized spacial score (nSPS) is 9.67. The van der Waals surface area contributed by atoms with Crippen LogP contribution in [0.3, 0.4) is 0 Å². The van der Waals surface area contributed by atoms with Crippen LogP contribution in [0, 0.1) is 17.2 Å². The molecule has 0 aromatic heterocycles. The van der Waals surface area contributed by atoms with Crippen LogP contribution in [0.25, 0.3) is 0 Å². The largest absolute Gasteiger partial charge is 0.455 e. The fourth-order valence-corrected chi connectivity index (χ4v) is 1.17. The predicted octanol–water partition coefficient (Wildman–Crippen LogP) is 1.70. The highest BCUT2D eigenvalue weighted by molar-refractivity contribution is 5.93. The van der Waals surface area contributed by atoms with Crippen molar-refractivity contribution >= 4 is 17.6 Å². The zero-order valence-electron chi connectivity index (χ0n) is 10.3. The van der Waals surface area contributed by atoms with Gasteiger partial charge in [-0.15, -0.1) is 0 Å². The first kappa shape index (κ1) is 13.7. The molecule has 0 bridgehead atoms. The van der Waals surface area contributed by atoms with Gasteiger partial charge in [0.15, 0.2) is 6.61 Å². The maximum atomic E-state index is 11.5. The molecule has 0 radical (unpaired) electrons. The molecule has 0 spiro atoms. The number of rotatable bonds is 4. The Hall–Kier alpha value is -2.35. The third kappa shape index (κ3) is 4.26. The monoisotopic (exact) mass is 246 g/mol. The number of ether oxygens (including phenoxy) is 1. The van der Waals surface area contributed by atoms with Crippen molar-refractivity contribution in [1.29, 1.82) is 5.26 Å². The van der Waals surface area contributed by atoms with Gasteiger partial charge in [0.25, 0.3) is 5.91 Å². The van der Waals surface area contributed by atoms with Crippen LogP contribution in [-0.4, -0.2) is 18.5 Å². The summed E-state index contributed by atoms with van der Waals surface area (Å²) in [5.74, 6) is -1.12. The molecule has 0 unspecified atom stereocenters. The second-order valence-electron chi connectivity index (χ2n) is 4.00. The van der Waals surface area contributed by atoms with E-state index in [0.717, 1.165) is 0 Å². The minimum absolute atomic E-state index is 0.264. The summed E-state index contributed by atoms with van der Waals surface area (Å²) in [5.41, 5.74) is 0.951. The van der Waals surface area contributed by atoms with Gasteiger partial charge in [0.1, 0.15) is 0 Å². The fraction of sp³-hybridized carbons (Fsp3) is 0.308. The van der Waals surface area contributed by atoms with Crippen LogP contribution in [0.5, 0.6) is 0 Å². The van der Waals surface area contributed by atoms with Crippen molar-refractivity contribution in [3.05, 3.63) is 29.8 Å². The number of hydrogen-bond acceptors (Lipinski definition) is 4. The van der Waals surface area contributed by atoms with Gasteiger partial charge < -0.3 is 10.1 Å². The molecule has 0 saturated carbocycles. The molecule has 1 aromatic rings. The van der Waals surface area contributed by atoms with Crippen molar-refractivity contribution in [3.8, 4) is 6.07 Å². The molecule has 0 aliphatic carbocycles. The first-order valence-corrected chi connectivity index (χ1v) is 5.49. The maximum Gasteiger partial charge on any atom is 0.308 e. The van der Waals surface area contributed by atoms with Crippen LogP contribution in [-0.2, 0) is 14.3 Å². The van der Waals surface area contributed by atoms with E-state index in [1.54, 1.807) is 38.1 Å². The summed E-state index contributed by atoms with van der Waals surface area (Å²) >= 11 is 0. The molecule has 0 fully saturated rings. The Kier molecular flexibility index (Phi) is 4.88. The summed E-state index contributed by atoms with van der Waals surface area (Å²) in [5, 5.41) is 11.2. The Balaban J connectivity index is 2.50. The molecule has 1 rings (SSSR count). The molecule has 5 nitrogen and oxygen atoms in total. The van der Waals surface area contributed by atoms with Crippen molar-refractivity contribution in [2.45, 2.75) is 13.8 Å². The van der Waals surface area contributed by atoms with Crippen molar-refractivity contribution in [2.75, 3.05) is 11.9 Å². The molecular formula is C13H14N2O3. The van der Waals surface area contributed by atoms with Gasteiger partial charge in [0, 0.05) is 5.69 Å². The van der Waals surface area contributed by atoms with Crippen molar-refractivity contribution in [1.82, 2.24) is 0 Å². The second-order valence-corrected chi connectivity index (χ2v) is 4.00. The van der Waals surface area contributed by atoms with Gasteiger partial charge >= 0.3 is 5.97 Å². The standard InChI is InChI=1S/C13H14N2O3/c1-9(2)13(17)18-8-12(16)15-11-5-3-4-10(6-11)7-14/h3-6,9H,8H2,1-2H3,(H,15,16). The van der Waals surface area contributed by atoms with E-state index in [1.165, 1.54) is 0 Å². The molecule has 0 aliphatic rings. The topological polar surface area (TPSA) is 79.2 Å². The number of nitrogens with one attached hydrogen (secondary N) is 1. The number of carbonyl (C=O) groups is 2. The zero-order chi connectivity index (χ0) is 13.5. The van der Waals surface area contributed by atoms with E-state index in [0.29, 0.717) is 11.3 Å². The highest BCUT2D eigenvalue weighted by Crippen LogP contribution is 2.09. The number of benzene rings is 1. The van der Waals surface area contributed by atoms with Gasteiger partial charge in [-0.1, -0.05) is 19.9 Å². The minimum Gasteiger partial charge on any atom is -0.455 e. The van der Waals surface area contributed by atoms with Gasteiger partial charge in [0.2, 0.25) is 0 Å². The lowest BCUT2D eigenvalue weighted by Gasteiger charge is -2.08. The number of anilines is 1. The summed E-state index contributed by atoms with van der Waals surface area (Å²) in [6.07, 6.45) is 0. The van der Waals surface area contributed by atoms with Crippen LogP contribution in [0.1, 0.15) is 19.4 Å². The van der Waals surface area contributed by atoms with Crippen LogP contribution in [0.4, 0.5) is 5.69 Å². The van der Waals surface area contributed by atoms with Crippen molar-refractivity contribution in [2.24, 2.45) is 5.92 Å². The summed E-state index contributed by atoms with van der Waals surface area (Å²) in [6.45, 7) is 3.06. The van der Waals surface area contributed by atoms with E-state index in [2.05, 4.69) is 5.32 Å². The van der Waals surface area contributed by atoms with Gasteiger partial charge in [0.05, 0.1) is 17.6 Å². The molecule has 5 heteroatoms. The molecule has 0 saturated heterocycles. The van der Waals surface area contributed by atoms with Crippen molar-refractivity contribution in [3.63, 3.8) is 0 Å². The highest BCUT2D eigenvalue weighted by Gasteiger charge is 2.11. The van der Waals surface area contributed by atoms with E-state index in [9.17, 15) is 9.59 Å². The van der Waals surface area contributed by atoms with E-state index in [-0.39, 0.29) is 12.5 Å². The first-order valence-electron chi connectivity index (χ1n) is 5.49. The molecule has 0 aliphatic heterocycles. The maximum absolute atomic E-state index is 11.5. The molecular weight excluding hydrogens is 232 g/mol. The summed E-state index contributed by atoms with van der Waals surface area (Å²) in [7, 11) is 0. The Morgan fingerprint density at radius 2 is 2.17 bits per heavy atom. The number of hydrogen-bond donors (Lipinski definition) is 1. The van der Waals surface area contributed by atoms with Crippen molar-refractivity contribution < 1.29 is 14.3 Å². The predicted molar refractivity (Wildman–Crippen MR) is 65.6 cm³/mol. The lowest BCUT2D eigenvalue weighted by Crippen LogP contribution is -2.22. The molecule has 1 N–H and O–H groups in total. The Morgan fingerprint density at radius 1 is 1.44 bits per heavy atom. The summed E-state index contributed by atoms with van der Waals surface area (Å²) in [6, 6.07) is 8.46. The molecule has 0 heterocycles. The van der Waals surface area contributed by atoms with Crippen LogP contribution in [0.15, 0.2) is 24.3 Å². The van der Waals surface area contributed by atoms with Crippen LogP contribution in [0.2, 0.25) is 0 Å². The third-order valence-corrected chi connectivity index (χ3v) is 2.09. The van der Waals surface area contributed by atoms with Gasteiger partial charge in [-0.05, 0) is 18.2 Å². The van der Waals surface area contributed by atoms with Crippen LogP contribution < -0.4 is 5.32 Å². The van der Waals surface area contributed by atoms with E-state index in [4.69, 9.17) is 10.00 Å². The number of amides is 1. The van der Waals surface area contributed by atoms with E-state index < -0.39 is 11.9 Å². The summed E-state index contributed by atoms with van der Waals surface area (Å²) in [4.78, 5) is 22.6. The Bertz CT molecular complexity index is 489. The second kappa shape index (κ2) is 6.40. The summed E-state index contributed by atoms with van der Waals surface area (Å²) < 4.78 is 4.78. The average Bonchev–Trinajstić information content (AvgIpc) is 2.36. The van der Waals surface area contributed by atoms with Gasteiger partial charge in [-0.3, -0.25) is 9.59 Å². The minimum atomic E-state index is -0.431.